The number of aromatic nitrogens is 1. The zero-order valence-electron chi connectivity index (χ0n) is 17.0. The predicted molar refractivity (Wildman–Crippen MR) is 125 cm³/mol. The Labute approximate surface area is 178 Å². The number of anilines is 1. The molecule has 1 aliphatic carbocycles. The van der Waals surface area contributed by atoms with Crippen LogP contribution in [0.25, 0.3) is 10.9 Å². The van der Waals surface area contributed by atoms with E-state index in [2.05, 4.69) is 45.7 Å². The highest BCUT2D eigenvalue weighted by Gasteiger charge is 2.25. The second-order valence-corrected chi connectivity index (χ2v) is 8.03. The van der Waals surface area contributed by atoms with Crippen LogP contribution in [0.1, 0.15) is 44.6 Å². The van der Waals surface area contributed by atoms with Crippen LogP contribution >= 0.6 is 12.2 Å². The molecule has 0 unspecified atom stereocenters. The van der Waals surface area contributed by atoms with Crippen LogP contribution < -0.4 is 10.1 Å². The molecule has 152 valence electrons. The summed E-state index contributed by atoms with van der Waals surface area (Å²) < 4.78 is 5.78. The minimum atomic E-state index is 0.469. The van der Waals surface area contributed by atoms with Gasteiger partial charge < -0.3 is 19.9 Å². The van der Waals surface area contributed by atoms with Crippen LogP contribution in [0.15, 0.2) is 54.7 Å². The number of hydrogen-bond donors (Lipinski definition) is 2. The molecule has 0 amide bonds. The first kappa shape index (κ1) is 19.8. The van der Waals surface area contributed by atoms with E-state index in [0.29, 0.717) is 12.6 Å². The molecule has 0 saturated heterocycles. The molecule has 5 heteroatoms. The number of fused-ring (bicyclic) bond motifs is 1. The van der Waals surface area contributed by atoms with Crippen LogP contribution in [0, 0.1) is 0 Å². The van der Waals surface area contributed by atoms with Crippen molar-refractivity contribution in [1.29, 1.82) is 0 Å². The van der Waals surface area contributed by atoms with E-state index in [1.54, 1.807) is 0 Å². The van der Waals surface area contributed by atoms with Crippen molar-refractivity contribution in [3.8, 4) is 5.75 Å². The molecule has 0 spiro atoms. The molecule has 0 radical (unpaired) electrons. The summed E-state index contributed by atoms with van der Waals surface area (Å²) in [7, 11) is 0. The third-order valence-electron chi connectivity index (χ3n) is 5.72. The van der Waals surface area contributed by atoms with Crippen molar-refractivity contribution in [2.45, 2.75) is 51.6 Å². The van der Waals surface area contributed by atoms with Crippen molar-refractivity contribution < 1.29 is 4.74 Å². The number of H-pyrrole nitrogens is 1. The van der Waals surface area contributed by atoms with E-state index in [9.17, 15) is 0 Å². The lowest BCUT2D eigenvalue weighted by Gasteiger charge is -2.36. The first-order chi connectivity index (χ1) is 14.3. The number of nitrogens with zero attached hydrogens (tertiary/aromatic N) is 1. The third-order valence-corrected chi connectivity index (χ3v) is 6.06. The van der Waals surface area contributed by atoms with Crippen molar-refractivity contribution >= 4 is 33.9 Å². The Morgan fingerprint density at radius 2 is 1.86 bits per heavy atom. The fraction of sp³-hybridized carbons (Fsp3) is 0.375. The summed E-state index contributed by atoms with van der Waals surface area (Å²) in [6.45, 7) is 3.44. The van der Waals surface area contributed by atoms with Crippen LogP contribution in [-0.2, 0) is 6.54 Å². The van der Waals surface area contributed by atoms with Gasteiger partial charge in [-0.25, -0.2) is 0 Å². The smallest absolute Gasteiger partial charge is 0.174 e. The highest BCUT2D eigenvalue weighted by molar-refractivity contribution is 7.80. The maximum absolute atomic E-state index is 5.93. The van der Waals surface area contributed by atoms with Gasteiger partial charge in [0, 0.05) is 29.7 Å². The number of nitrogens with one attached hydrogen (secondary N) is 2. The van der Waals surface area contributed by atoms with E-state index in [1.165, 1.54) is 48.6 Å². The lowest BCUT2D eigenvalue weighted by molar-refractivity contribution is 0.241. The van der Waals surface area contributed by atoms with Gasteiger partial charge in [0.15, 0.2) is 5.11 Å². The molecule has 4 rings (SSSR count). The number of hydrogen-bond acceptors (Lipinski definition) is 2. The molecule has 1 heterocycles. The van der Waals surface area contributed by atoms with Gasteiger partial charge in [-0.05, 0) is 55.7 Å². The fourth-order valence-electron chi connectivity index (χ4n) is 4.24. The molecule has 2 N–H and O–H groups in total. The minimum absolute atomic E-state index is 0.469. The normalized spacial score (nSPS) is 14.7. The highest BCUT2D eigenvalue weighted by Crippen LogP contribution is 2.29. The van der Waals surface area contributed by atoms with Gasteiger partial charge in [-0.1, -0.05) is 49.6 Å². The standard InChI is InChI=1S/C24H29N3OS/c1-2-28-23-15-9-8-14-22(23)26-24(29)27(19-10-4-3-5-11-19)17-18-16-25-21-13-7-6-12-20(18)21/h6-9,12-16,19,25H,2-5,10-11,17H2,1H3,(H,26,29). The fourth-order valence-corrected chi connectivity index (χ4v) is 4.57. The molecule has 1 fully saturated rings. The molecule has 1 aromatic heterocycles. The lowest BCUT2D eigenvalue weighted by atomic mass is 9.94. The van der Waals surface area contributed by atoms with E-state index in [4.69, 9.17) is 17.0 Å². The Hall–Kier alpha value is -2.53. The first-order valence-electron chi connectivity index (χ1n) is 10.6. The number of thiocarbonyl (C=S) groups is 1. The molecule has 4 nitrogen and oxygen atoms in total. The average Bonchev–Trinajstić information content (AvgIpc) is 3.17. The van der Waals surface area contributed by atoms with Crippen molar-refractivity contribution in [3.05, 3.63) is 60.3 Å². The first-order valence-corrected chi connectivity index (χ1v) is 11.0. The third kappa shape index (κ3) is 4.56. The van der Waals surface area contributed by atoms with E-state index in [-0.39, 0.29) is 0 Å². The van der Waals surface area contributed by atoms with E-state index >= 15 is 0 Å². The average molecular weight is 408 g/mol. The van der Waals surface area contributed by atoms with Gasteiger partial charge in [-0.2, -0.15) is 0 Å². The van der Waals surface area contributed by atoms with Gasteiger partial charge >= 0.3 is 0 Å². The molecule has 1 saturated carbocycles. The summed E-state index contributed by atoms with van der Waals surface area (Å²) in [5.74, 6) is 0.841. The topological polar surface area (TPSA) is 40.3 Å². The molecule has 2 aromatic carbocycles. The van der Waals surface area contributed by atoms with E-state index < -0.39 is 0 Å². The maximum atomic E-state index is 5.93. The Bertz CT molecular complexity index is 961. The molecular weight excluding hydrogens is 378 g/mol. The van der Waals surface area contributed by atoms with Crippen LogP contribution in [-0.4, -0.2) is 27.6 Å². The molecule has 0 bridgehead atoms. The van der Waals surface area contributed by atoms with Crippen LogP contribution in [0.5, 0.6) is 5.75 Å². The summed E-state index contributed by atoms with van der Waals surface area (Å²) in [4.78, 5) is 5.78. The lowest BCUT2D eigenvalue weighted by Crippen LogP contribution is -2.43. The zero-order valence-corrected chi connectivity index (χ0v) is 17.8. The van der Waals surface area contributed by atoms with Crippen LogP contribution in [0.4, 0.5) is 5.69 Å². The summed E-state index contributed by atoms with van der Waals surface area (Å²) in [6, 6.07) is 17.0. The van der Waals surface area contributed by atoms with Gasteiger partial charge in [0.25, 0.3) is 0 Å². The largest absolute Gasteiger partial charge is 0.492 e. The van der Waals surface area contributed by atoms with Crippen molar-refractivity contribution in [2.24, 2.45) is 0 Å². The number of para-hydroxylation sites is 3. The summed E-state index contributed by atoms with van der Waals surface area (Å²) >= 11 is 5.93. The van der Waals surface area contributed by atoms with Crippen molar-refractivity contribution in [3.63, 3.8) is 0 Å². The van der Waals surface area contributed by atoms with Crippen molar-refractivity contribution in [2.75, 3.05) is 11.9 Å². The number of ether oxygens (including phenoxy) is 1. The van der Waals surface area contributed by atoms with Gasteiger partial charge in [0.1, 0.15) is 5.75 Å². The van der Waals surface area contributed by atoms with Crippen LogP contribution in [0.2, 0.25) is 0 Å². The molecular formula is C24H29N3OS. The van der Waals surface area contributed by atoms with Gasteiger partial charge in [0.05, 0.1) is 12.3 Å². The molecule has 1 aliphatic rings. The summed E-state index contributed by atoms with van der Waals surface area (Å²) in [5, 5.41) is 5.52. The van der Waals surface area contributed by atoms with E-state index in [1.807, 2.05) is 31.2 Å². The predicted octanol–water partition coefficient (Wildman–Crippen LogP) is 6.10. The molecule has 29 heavy (non-hydrogen) atoms. The Morgan fingerprint density at radius 1 is 1.10 bits per heavy atom. The number of benzene rings is 2. The number of rotatable bonds is 6. The second-order valence-electron chi connectivity index (χ2n) is 7.64. The molecule has 3 aromatic rings. The second kappa shape index (κ2) is 9.31. The SMILES string of the molecule is CCOc1ccccc1NC(=S)N(Cc1c[nH]c2ccccc12)C1CCCCC1. The monoisotopic (exact) mass is 407 g/mol. The Balaban J connectivity index is 1.59. The number of aromatic amines is 1. The quantitative estimate of drug-likeness (QED) is 0.485. The summed E-state index contributed by atoms with van der Waals surface area (Å²) in [5.41, 5.74) is 3.39. The van der Waals surface area contributed by atoms with Crippen LogP contribution in [0.3, 0.4) is 0 Å². The zero-order chi connectivity index (χ0) is 20.1. The van der Waals surface area contributed by atoms with Gasteiger partial charge in [0.2, 0.25) is 0 Å². The Morgan fingerprint density at radius 3 is 2.69 bits per heavy atom. The van der Waals surface area contributed by atoms with Crippen molar-refractivity contribution in [1.82, 2.24) is 9.88 Å². The van der Waals surface area contributed by atoms with Gasteiger partial charge in [-0.15, -0.1) is 0 Å². The highest BCUT2D eigenvalue weighted by atomic mass is 32.1. The van der Waals surface area contributed by atoms with Gasteiger partial charge in [-0.3, -0.25) is 0 Å². The maximum Gasteiger partial charge on any atom is 0.174 e. The Kier molecular flexibility index (Phi) is 6.35. The molecule has 0 aliphatic heterocycles. The summed E-state index contributed by atoms with van der Waals surface area (Å²) in [6.07, 6.45) is 8.37. The minimum Gasteiger partial charge on any atom is -0.492 e. The van der Waals surface area contributed by atoms with E-state index in [0.717, 1.165) is 23.1 Å². The molecule has 0 atom stereocenters.